The highest BCUT2D eigenvalue weighted by molar-refractivity contribution is 6.31. The molecule has 1 unspecified atom stereocenters. The molecule has 180 valence electrons. The summed E-state index contributed by atoms with van der Waals surface area (Å²) >= 11 is 11.6. The average molecular weight is 507 g/mol. The summed E-state index contributed by atoms with van der Waals surface area (Å²) in [5, 5.41) is 16.7. The number of amides is 1. The number of aromatic nitrogens is 1. The van der Waals surface area contributed by atoms with Crippen molar-refractivity contribution in [1.29, 1.82) is 0 Å². The zero-order valence-electron chi connectivity index (χ0n) is 18.3. The highest BCUT2D eigenvalue weighted by Gasteiger charge is 2.22. The number of aliphatic hydroxyl groups excluding tert-OH is 1. The van der Waals surface area contributed by atoms with E-state index in [2.05, 4.69) is 15.7 Å². The third-order valence-electron chi connectivity index (χ3n) is 5.60. The van der Waals surface area contributed by atoms with Crippen molar-refractivity contribution in [3.63, 3.8) is 0 Å². The summed E-state index contributed by atoms with van der Waals surface area (Å²) in [7, 11) is 0. The molecule has 7 nitrogen and oxygen atoms in total. The number of carbonyl (C=O) groups excluding carboxylic acids is 1. The van der Waals surface area contributed by atoms with Gasteiger partial charge in [-0.25, -0.2) is 14.4 Å². The first-order chi connectivity index (χ1) is 16.4. The van der Waals surface area contributed by atoms with Crippen LogP contribution in [0.1, 0.15) is 23.3 Å². The van der Waals surface area contributed by atoms with Gasteiger partial charge in [0, 0.05) is 42.2 Å². The van der Waals surface area contributed by atoms with Crippen LogP contribution in [0.5, 0.6) is 5.75 Å². The van der Waals surface area contributed by atoms with Gasteiger partial charge in [-0.15, -0.1) is 0 Å². The molecule has 0 bridgehead atoms. The highest BCUT2D eigenvalue weighted by Crippen LogP contribution is 2.21. The van der Waals surface area contributed by atoms with E-state index in [1.807, 2.05) is 17.1 Å². The van der Waals surface area contributed by atoms with Crippen LogP contribution in [0, 0.1) is 5.82 Å². The van der Waals surface area contributed by atoms with Crippen molar-refractivity contribution in [2.24, 2.45) is 0 Å². The minimum absolute atomic E-state index is 0.0194. The fourth-order valence-corrected chi connectivity index (χ4v) is 4.01. The first-order valence-corrected chi connectivity index (χ1v) is 11.7. The third-order valence-corrected chi connectivity index (χ3v) is 6.14. The number of nitrogens with zero attached hydrogens (tertiary/aromatic N) is 2. The first kappa shape index (κ1) is 24.6. The van der Waals surface area contributed by atoms with Crippen molar-refractivity contribution in [2.45, 2.75) is 25.0 Å². The Morgan fingerprint density at radius 1 is 1.18 bits per heavy atom. The Morgan fingerprint density at radius 2 is 1.97 bits per heavy atom. The molecule has 3 N–H and O–H groups in total. The summed E-state index contributed by atoms with van der Waals surface area (Å²) in [5.74, 6) is -0.459. The topological polar surface area (TPSA) is 86.7 Å². The van der Waals surface area contributed by atoms with Crippen LogP contribution in [0.4, 0.5) is 4.39 Å². The number of hydrogen-bond acceptors (Lipinski definition) is 6. The predicted octanol–water partition coefficient (Wildman–Crippen LogP) is 3.82. The van der Waals surface area contributed by atoms with Crippen molar-refractivity contribution >= 4 is 40.0 Å². The van der Waals surface area contributed by atoms with Crippen LogP contribution in [-0.2, 0) is 0 Å². The zero-order valence-corrected chi connectivity index (χ0v) is 19.8. The lowest BCUT2D eigenvalue weighted by Gasteiger charge is -2.33. The van der Waals surface area contributed by atoms with E-state index in [9.17, 15) is 14.3 Å². The summed E-state index contributed by atoms with van der Waals surface area (Å²) in [4.78, 5) is 17.1. The summed E-state index contributed by atoms with van der Waals surface area (Å²) in [6.07, 6.45) is 0.752. The molecule has 34 heavy (non-hydrogen) atoms. The Hall–Kier alpha value is -2.49. The Bertz CT molecular complexity index is 1160. The SMILES string of the molecule is O=C(NC1CCN(NCC(O)COc2ccc(Cl)c(F)c2)CC1)c1ccc2cc(Cl)ccc2n1. The second kappa shape index (κ2) is 11.3. The number of pyridine rings is 1. The molecule has 0 aliphatic carbocycles. The molecule has 1 aliphatic heterocycles. The van der Waals surface area contributed by atoms with Crippen LogP contribution in [0.25, 0.3) is 10.9 Å². The molecule has 0 radical (unpaired) electrons. The van der Waals surface area contributed by atoms with Crippen LogP contribution >= 0.6 is 23.2 Å². The second-order valence-corrected chi connectivity index (χ2v) is 9.01. The maximum absolute atomic E-state index is 13.4. The Kier molecular flexibility index (Phi) is 8.18. The van der Waals surface area contributed by atoms with E-state index in [0.29, 0.717) is 29.6 Å². The number of fused-ring (bicyclic) bond motifs is 1. The van der Waals surface area contributed by atoms with E-state index < -0.39 is 11.9 Å². The lowest BCUT2D eigenvalue weighted by Crippen LogP contribution is -2.51. The Labute approximate surface area is 206 Å². The van der Waals surface area contributed by atoms with Gasteiger partial charge in [0.05, 0.1) is 10.5 Å². The van der Waals surface area contributed by atoms with Crippen LogP contribution in [-0.4, -0.2) is 59.4 Å². The minimum Gasteiger partial charge on any atom is -0.491 e. The van der Waals surface area contributed by atoms with Crippen molar-refractivity contribution in [2.75, 3.05) is 26.2 Å². The largest absolute Gasteiger partial charge is 0.491 e. The van der Waals surface area contributed by atoms with Crippen LogP contribution in [0.3, 0.4) is 0 Å². The monoisotopic (exact) mass is 506 g/mol. The number of hydrogen-bond donors (Lipinski definition) is 3. The van der Waals surface area contributed by atoms with Crippen LogP contribution in [0.2, 0.25) is 10.0 Å². The molecule has 2 aromatic carbocycles. The molecule has 1 aromatic heterocycles. The number of carbonyl (C=O) groups is 1. The molecule has 3 aromatic rings. The van der Waals surface area contributed by atoms with Gasteiger partial charge >= 0.3 is 0 Å². The lowest BCUT2D eigenvalue weighted by atomic mass is 10.1. The van der Waals surface area contributed by atoms with Gasteiger partial charge in [-0.05, 0) is 49.2 Å². The van der Waals surface area contributed by atoms with Crippen LogP contribution in [0.15, 0.2) is 48.5 Å². The normalized spacial score (nSPS) is 15.9. The van der Waals surface area contributed by atoms with E-state index in [-0.39, 0.29) is 30.1 Å². The number of aliphatic hydroxyl groups is 1. The van der Waals surface area contributed by atoms with Gasteiger partial charge in [-0.2, -0.15) is 0 Å². The van der Waals surface area contributed by atoms with Gasteiger partial charge in [0.15, 0.2) is 0 Å². The van der Waals surface area contributed by atoms with Gasteiger partial charge in [0.1, 0.15) is 30.0 Å². The van der Waals surface area contributed by atoms with E-state index in [4.69, 9.17) is 27.9 Å². The minimum atomic E-state index is -0.773. The quantitative estimate of drug-likeness (QED) is 0.430. The molecule has 0 spiro atoms. The highest BCUT2D eigenvalue weighted by atomic mass is 35.5. The van der Waals surface area contributed by atoms with E-state index in [1.165, 1.54) is 12.1 Å². The van der Waals surface area contributed by atoms with Gasteiger partial charge in [-0.3, -0.25) is 10.2 Å². The molecule has 2 heterocycles. The summed E-state index contributed by atoms with van der Waals surface area (Å²) in [6.45, 7) is 1.73. The van der Waals surface area contributed by atoms with Gasteiger partial charge in [0.2, 0.25) is 0 Å². The molecule has 1 fully saturated rings. The summed E-state index contributed by atoms with van der Waals surface area (Å²) in [6, 6.07) is 13.1. The Morgan fingerprint density at radius 3 is 2.74 bits per heavy atom. The lowest BCUT2D eigenvalue weighted by molar-refractivity contribution is 0.0623. The van der Waals surface area contributed by atoms with E-state index in [0.717, 1.165) is 23.7 Å². The van der Waals surface area contributed by atoms with Crippen LogP contribution < -0.4 is 15.5 Å². The molecular formula is C24H25Cl2FN4O3. The van der Waals surface area contributed by atoms with Crippen molar-refractivity contribution in [3.05, 3.63) is 70.1 Å². The predicted molar refractivity (Wildman–Crippen MR) is 130 cm³/mol. The number of benzene rings is 2. The maximum atomic E-state index is 13.4. The third kappa shape index (κ3) is 6.55. The summed E-state index contributed by atoms with van der Waals surface area (Å²) in [5.41, 5.74) is 4.28. The number of ether oxygens (including phenoxy) is 1. The molecular weight excluding hydrogens is 482 g/mol. The maximum Gasteiger partial charge on any atom is 0.270 e. The fraction of sp³-hybridized carbons (Fsp3) is 0.333. The number of nitrogens with one attached hydrogen (secondary N) is 2. The first-order valence-electron chi connectivity index (χ1n) is 11.0. The molecule has 1 saturated heterocycles. The van der Waals surface area contributed by atoms with Crippen molar-refractivity contribution in [3.8, 4) is 5.75 Å². The van der Waals surface area contributed by atoms with Gasteiger partial charge < -0.3 is 15.2 Å². The smallest absolute Gasteiger partial charge is 0.270 e. The molecule has 4 rings (SSSR count). The number of piperidine rings is 1. The number of rotatable bonds is 8. The van der Waals surface area contributed by atoms with Gasteiger partial charge in [0.25, 0.3) is 5.91 Å². The standard InChI is InChI=1S/C24H25Cl2FN4O3/c25-16-2-6-22-15(11-16)1-5-23(30-22)24(33)29-17-7-9-31(10-8-17)28-13-18(32)14-34-19-3-4-20(26)21(27)12-19/h1-6,11-12,17-18,28,32H,7-10,13-14H2,(H,29,33). The number of hydrazine groups is 1. The summed E-state index contributed by atoms with van der Waals surface area (Å²) < 4.78 is 18.9. The van der Waals surface area contributed by atoms with E-state index in [1.54, 1.807) is 24.3 Å². The number of halogens is 3. The second-order valence-electron chi connectivity index (χ2n) is 8.17. The molecule has 1 aliphatic rings. The van der Waals surface area contributed by atoms with Crippen molar-refractivity contribution in [1.82, 2.24) is 20.7 Å². The molecule has 1 amide bonds. The Balaban J connectivity index is 1.18. The van der Waals surface area contributed by atoms with Crippen molar-refractivity contribution < 1.29 is 19.0 Å². The van der Waals surface area contributed by atoms with E-state index >= 15 is 0 Å². The average Bonchev–Trinajstić information content (AvgIpc) is 2.84. The molecule has 10 heteroatoms. The van der Waals surface area contributed by atoms with Gasteiger partial charge in [-0.1, -0.05) is 29.3 Å². The molecule has 0 saturated carbocycles. The molecule has 1 atom stereocenters. The fourth-order valence-electron chi connectivity index (χ4n) is 3.72. The zero-order chi connectivity index (χ0) is 24.1.